The lowest BCUT2D eigenvalue weighted by molar-refractivity contribution is 0.317. The van der Waals surface area contributed by atoms with E-state index in [1.54, 1.807) is 0 Å². The summed E-state index contributed by atoms with van der Waals surface area (Å²) in [5.74, 6) is 0.897. The molecule has 1 aliphatic rings. The summed E-state index contributed by atoms with van der Waals surface area (Å²) in [5, 5.41) is 0. The predicted octanol–water partition coefficient (Wildman–Crippen LogP) is 3.83. The van der Waals surface area contributed by atoms with Crippen LogP contribution in [0.3, 0.4) is 0 Å². The van der Waals surface area contributed by atoms with Crippen LogP contribution in [0, 0.1) is 0 Å². The fraction of sp³-hybridized carbons (Fsp3) is 0.625. The Kier molecular flexibility index (Phi) is 4.94. The van der Waals surface area contributed by atoms with E-state index in [-0.39, 0.29) is 0 Å². The van der Waals surface area contributed by atoms with Crippen LogP contribution in [0.25, 0.3) is 0 Å². The van der Waals surface area contributed by atoms with Crippen LogP contribution < -0.4 is 15.4 Å². The Hall–Kier alpha value is -1.38. The van der Waals surface area contributed by atoms with Crippen LogP contribution in [0.2, 0.25) is 0 Å². The van der Waals surface area contributed by atoms with E-state index >= 15 is 0 Å². The number of nitrogens with zero attached hydrogens (tertiary/aromatic N) is 1. The van der Waals surface area contributed by atoms with E-state index in [9.17, 15) is 0 Å². The van der Waals surface area contributed by atoms with E-state index in [2.05, 4.69) is 30.9 Å². The first-order valence-corrected chi connectivity index (χ1v) is 7.50. The van der Waals surface area contributed by atoms with Crippen LogP contribution in [0.4, 0.5) is 11.4 Å². The lowest BCUT2D eigenvalue weighted by Gasteiger charge is -2.30. The van der Waals surface area contributed by atoms with Crippen molar-refractivity contribution in [3.05, 3.63) is 18.2 Å². The largest absolute Gasteiger partial charge is 0.493 e. The maximum absolute atomic E-state index is 6.02. The average Bonchev–Trinajstić information content (AvgIpc) is 2.60. The van der Waals surface area contributed by atoms with Crippen molar-refractivity contribution in [3.63, 3.8) is 0 Å². The van der Waals surface area contributed by atoms with Gasteiger partial charge >= 0.3 is 0 Å². The molecule has 0 bridgehead atoms. The van der Waals surface area contributed by atoms with Gasteiger partial charge in [-0.1, -0.05) is 19.8 Å². The van der Waals surface area contributed by atoms with Crippen molar-refractivity contribution < 1.29 is 4.74 Å². The molecule has 1 aromatic carbocycles. The van der Waals surface area contributed by atoms with Crippen LogP contribution in [-0.4, -0.2) is 19.2 Å². The molecule has 1 aliphatic heterocycles. The SMILES string of the molecule is CCCOc1cc(N)cc(N2CCCCCC2C)c1. The van der Waals surface area contributed by atoms with E-state index in [1.807, 2.05) is 6.07 Å². The van der Waals surface area contributed by atoms with E-state index < -0.39 is 0 Å². The van der Waals surface area contributed by atoms with Crippen molar-refractivity contribution >= 4 is 11.4 Å². The number of rotatable bonds is 4. The molecule has 1 aromatic rings. The molecule has 1 fully saturated rings. The highest BCUT2D eigenvalue weighted by Gasteiger charge is 2.18. The van der Waals surface area contributed by atoms with Crippen LogP contribution >= 0.6 is 0 Å². The molecule has 0 spiro atoms. The molecule has 3 heteroatoms. The van der Waals surface area contributed by atoms with Crippen LogP contribution in [-0.2, 0) is 0 Å². The molecule has 0 saturated carbocycles. The maximum Gasteiger partial charge on any atom is 0.123 e. The summed E-state index contributed by atoms with van der Waals surface area (Å²) in [6, 6.07) is 6.71. The molecule has 0 amide bonds. The molecule has 1 atom stereocenters. The number of benzene rings is 1. The summed E-state index contributed by atoms with van der Waals surface area (Å²) < 4.78 is 5.73. The summed E-state index contributed by atoms with van der Waals surface area (Å²) in [7, 11) is 0. The van der Waals surface area contributed by atoms with E-state index in [4.69, 9.17) is 10.5 Å². The third-order valence-corrected chi connectivity index (χ3v) is 3.77. The molecular formula is C16H26N2O. The maximum atomic E-state index is 6.02. The van der Waals surface area contributed by atoms with Gasteiger partial charge in [0.25, 0.3) is 0 Å². The molecule has 2 rings (SSSR count). The highest BCUT2D eigenvalue weighted by Crippen LogP contribution is 2.30. The molecule has 2 N–H and O–H groups in total. The van der Waals surface area contributed by atoms with Gasteiger partial charge in [0.15, 0.2) is 0 Å². The van der Waals surface area contributed by atoms with Gasteiger partial charge in [-0.3, -0.25) is 0 Å². The zero-order chi connectivity index (χ0) is 13.7. The number of nitrogens with two attached hydrogens (primary N) is 1. The van der Waals surface area contributed by atoms with E-state index in [0.29, 0.717) is 6.04 Å². The minimum Gasteiger partial charge on any atom is -0.493 e. The number of ether oxygens (including phenoxy) is 1. The Morgan fingerprint density at radius 3 is 2.89 bits per heavy atom. The summed E-state index contributed by atoms with van der Waals surface area (Å²) in [6.45, 7) is 6.29. The molecular weight excluding hydrogens is 236 g/mol. The zero-order valence-electron chi connectivity index (χ0n) is 12.2. The van der Waals surface area contributed by atoms with Crippen LogP contribution in [0.1, 0.15) is 46.0 Å². The number of hydrogen-bond donors (Lipinski definition) is 1. The smallest absolute Gasteiger partial charge is 0.123 e. The normalized spacial score (nSPS) is 20.1. The average molecular weight is 262 g/mol. The minimum atomic E-state index is 0.586. The second kappa shape index (κ2) is 6.69. The summed E-state index contributed by atoms with van der Waals surface area (Å²) >= 11 is 0. The van der Waals surface area contributed by atoms with E-state index in [0.717, 1.165) is 31.0 Å². The molecule has 1 unspecified atom stereocenters. The number of nitrogen functional groups attached to an aromatic ring is 1. The molecule has 19 heavy (non-hydrogen) atoms. The van der Waals surface area contributed by atoms with Gasteiger partial charge in [-0.15, -0.1) is 0 Å². The predicted molar refractivity (Wildman–Crippen MR) is 81.9 cm³/mol. The molecule has 1 heterocycles. The molecule has 3 nitrogen and oxygen atoms in total. The number of anilines is 2. The van der Waals surface area contributed by atoms with Crippen molar-refractivity contribution in [2.45, 2.75) is 52.0 Å². The lowest BCUT2D eigenvalue weighted by Crippen LogP contribution is -2.32. The monoisotopic (exact) mass is 262 g/mol. The molecule has 0 aliphatic carbocycles. The van der Waals surface area contributed by atoms with Crippen molar-refractivity contribution in [3.8, 4) is 5.75 Å². The second-order valence-electron chi connectivity index (χ2n) is 5.50. The Morgan fingerprint density at radius 1 is 1.26 bits per heavy atom. The van der Waals surface area contributed by atoms with Gasteiger partial charge in [-0.05, 0) is 32.3 Å². The lowest BCUT2D eigenvalue weighted by atomic mass is 10.1. The Bertz CT molecular complexity index is 406. The molecule has 1 saturated heterocycles. The first kappa shape index (κ1) is 14.0. The quantitative estimate of drug-likeness (QED) is 0.838. The van der Waals surface area contributed by atoms with Crippen molar-refractivity contribution in [2.75, 3.05) is 23.8 Å². The standard InChI is InChI=1S/C16H26N2O/c1-3-9-19-16-11-14(17)10-15(12-16)18-8-6-4-5-7-13(18)2/h10-13H,3-9,17H2,1-2H3. The molecule has 0 radical (unpaired) electrons. The third kappa shape index (κ3) is 3.79. The third-order valence-electron chi connectivity index (χ3n) is 3.77. The topological polar surface area (TPSA) is 38.5 Å². The fourth-order valence-corrected chi connectivity index (χ4v) is 2.73. The Labute approximate surface area is 116 Å². The van der Waals surface area contributed by atoms with Crippen LogP contribution in [0.5, 0.6) is 5.75 Å². The zero-order valence-corrected chi connectivity index (χ0v) is 12.2. The van der Waals surface area contributed by atoms with E-state index in [1.165, 1.54) is 31.4 Å². The van der Waals surface area contributed by atoms with Gasteiger partial charge < -0.3 is 15.4 Å². The Balaban J connectivity index is 2.19. The summed E-state index contributed by atoms with van der Waals surface area (Å²) in [4.78, 5) is 2.47. The first-order valence-electron chi connectivity index (χ1n) is 7.50. The summed E-state index contributed by atoms with van der Waals surface area (Å²) in [5.41, 5.74) is 8.02. The van der Waals surface area contributed by atoms with Gasteiger partial charge in [0.1, 0.15) is 5.75 Å². The van der Waals surface area contributed by atoms with Crippen molar-refractivity contribution in [2.24, 2.45) is 0 Å². The fourth-order valence-electron chi connectivity index (χ4n) is 2.73. The Morgan fingerprint density at radius 2 is 2.11 bits per heavy atom. The van der Waals surface area contributed by atoms with Crippen molar-refractivity contribution in [1.29, 1.82) is 0 Å². The first-order chi connectivity index (χ1) is 9.20. The molecule has 106 valence electrons. The highest BCUT2D eigenvalue weighted by atomic mass is 16.5. The van der Waals surface area contributed by atoms with Gasteiger partial charge in [-0.2, -0.15) is 0 Å². The highest BCUT2D eigenvalue weighted by molar-refractivity contribution is 5.61. The second-order valence-corrected chi connectivity index (χ2v) is 5.50. The van der Waals surface area contributed by atoms with Crippen molar-refractivity contribution in [1.82, 2.24) is 0 Å². The van der Waals surface area contributed by atoms with Gasteiger partial charge in [0, 0.05) is 36.1 Å². The minimum absolute atomic E-state index is 0.586. The summed E-state index contributed by atoms with van der Waals surface area (Å²) in [6.07, 6.45) is 6.22. The van der Waals surface area contributed by atoms with Gasteiger partial charge in [0.05, 0.1) is 6.61 Å². The van der Waals surface area contributed by atoms with Gasteiger partial charge in [-0.25, -0.2) is 0 Å². The number of hydrogen-bond acceptors (Lipinski definition) is 3. The van der Waals surface area contributed by atoms with Crippen LogP contribution in [0.15, 0.2) is 18.2 Å². The van der Waals surface area contributed by atoms with Gasteiger partial charge in [0.2, 0.25) is 0 Å². The molecule has 0 aromatic heterocycles.